The first-order valence-corrected chi connectivity index (χ1v) is 13.6. The van der Waals surface area contributed by atoms with Crippen molar-refractivity contribution in [1.82, 2.24) is 10.2 Å². The van der Waals surface area contributed by atoms with Crippen LogP contribution in [0.1, 0.15) is 38.3 Å². The van der Waals surface area contributed by atoms with Gasteiger partial charge in [0.1, 0.15) is 11.4 Å². The molecule has 40 heavy (non-hydrogen) atoms. The maximum absolute atomic E-state index is 13.9. The molecule has 0 aromatic heterocycles. The minimum absolute atomic E-state index is 0. The van der Waals surface area contributed by atoms with Crippen molar-refractivity contribution in [1.29, 1.82) is 0 Å². The number of anilines is 1. The van der Waals surface area contributed by atoms with Crippen LogP contribution in [0.15, 0.2) is 36.4 Å². The fourth-order valence-corrected chi connectivity index (χ4v) is 5.23. The molecule has 2 aromatic rings. The average molecular weight is 603 g/mol. The second-order valence-corrected chi connectivity index (χ2v) is 10.9. The number of halogens is 4. The Morgan fingerprint density at radius 1 is 1.12 bits per heavy atom. The summed E-state index contributed by atoms with van der Waals surface area (Å²) in [4.78, 5) is 39.2. The molecule has 2 amide bonds. The van der Waals surface area contributed by atoms with E-state index in [1.165, 1.54) is 16.7 Å². The van der Waals surface area contributed by atoms with Crippen LogP contribution in [-0.2, 0) is 32.1 Å². The van der Waals surface area contributed by atoms with E-state index in [2.05, 4.69) is 10.6 Å². The summed E-state index contributed by atoms with van der Waals surface area (Å²) in [5.41, 5.74) is 6.50. The Hall–Kier alpha value is -2.96. The van der Waals surface area contributed by atoms with Gasteiger partial charge in [0, 0.05) is 43.1 Å². The number of nitrogens with one attached hydrogen (secondary N) is 2. The van der Waals surface area contributed by atoms with E-state index in [4.69, 9.17) is 10.5 Å². The maximum atomic E-state index is 13.9. The van der Waals surface area contributed by atoms with Crippen molar-refractivity contribution in [2.45, 2.75) is 57.1 Å². The third kappa shape index (κ3) is 8.77. The molecule has 8 nitrogen and oxygen atoms in total. The van der Waals surface area contributed by atoms with Crippen molar-refractivity contribution < 1.29 is 32.3 Å². The van der Waals surface area contributed by atoms with Crippen molar-refractivity contribution in [2.24, 2.45) is 5.73 Å². The molecule has 1 aliphatic rings. The summed E-state index contributed by atoms with van der Waals surface area (Å²) < 4.78 is 45.6. The number of nitrogens with two attached hydrogens (primary N) is 1. The number of amides is 2. The highest BCUT2D eigenvalue weighted by Gasteiger charge is 2.35. The van der Waals surface area contributed by atoms with Crippen molar-refractivity contribution in [3.63, 3.8) is 0 Å². The highest BCUT2D eigenvalue weighted by Crippen LogP contribution is 2.26. The highest BCUT2D eigenvalue weighted by atomic mass is 35.5. The second-order valence-electron chi connectivity index (χ2n) is 9.72. The predicted octanol–water partition coefficient (Wildman–Crippen LogP) is 3.76. The molecule has 0 aliphatic carbocycles. The number of rotatable bonds is 11. The predicted molar refractivity (Wildman–Crippen MR) is 150 cm³/mol. The molecule has 1 fully saturated rings. The van der Waals surface area contributed by atoms with Gasteiger partial charge in [-0.25, -0.2) is 18.0 Å². The van der Waals surface area contributed by atoms with Gasteiger partial charge < -0.3 is 26.0 Å². The van der Waals surface area contributed by atoms with E-state index in [9.17, 15) is 27.6 Å². The van der Waals surface area contributed by atoms with Gasteiger partial charge in [0.25, 0.3) is 5.91 Å². The number of nitrogens with zero attached hydrogens (tertiary/aromatic N) is 1. The minimum Gasteiger partial charge on any atom is -0.464 e. The van der Waals surface area contributed by atoms with Crippen molar-refractivity contribution in [2.75, 3.05) is 24.2 Å². The molecular weight excluding hydrogens is 569 g/mol. The van der Waals surface area contributed by atoms with E-state index in [1.54, 1.807) is 32.9 Å². The van der Waals surface area contributed by atoms with Crippen LogP contribution in [0.25, 0.3) is 0 Å². The third-order valence-electron chi connectivity index (χ3n) is 6.11. The van der Waals surface area contributed by atoms with E-state index in [0.717, 1.165) is 11.6 Å². The second kappa shape index (κ2) is 14.6. The van der Waals surface area contributed by atoms with Crippen LogP contribution in [0.2, 0.25) is 0 Å². The van der Waals surface area contributed by atoms with Gasteiger partial charge in [-0.2, -0.15) is 0 Å². The van der Waals surface area contributed by atoms with E-state index in [0.29, 0.717) is 24.1 Å². The molecule has 3 rings (SSSR count). The number of carbonyl (C=O) groups is 3. The molecule has 1 unspecified atom stereocenters. The van der Waals surface area contributed by atoms with Crippen LogP contribution >= 0.6 is 24.2 Å². The Kier molecular flexibility index (Phi) is 12.1. The average Bonchev–Trinajstić information content (AvgIpc) is 3.37. The van der Waals surface area contributed by atoms with Crippen molar-refractivity contribution in [3.05, 3.63) is 65.0 Å². The van der Waals surface area contributed by atoms with Gasteiger partial charge in [-0.15, -0.1) is 24.2 Å². The first kappa shape index (κ1) is 33.2. The number of thioether (sulfide) groups is 1. The topological polar surface area (TPSA) is 114 Å². The van der Waals surface area contributed by atoms with Gasteiger partial charge in [-0.3, -0.25) is 9.59 Å². The summed E-state index contributed by atoms with van der Waals surface area (Å²) >= 11 is 1.32. The SMILES string of the molecule is CCOC(=O)C(C)(C)Nc1ccc(CNC(=O)C2SCCN2C(=O)C[C@H](N)Cc2cc(F)c(F)cc2F)cc1.Cl. The summed E-state index contributed by atoms with van der Waals surface area (Å²) in [5.74, 6) is -3.94. The first-order valence-electron chi connectivity index (χ1n) is 12.5. The molecule has 0 saturated carbocycles. The van der Waals surface area contributed by atoms with Crippen LogP contribution < -0.4 is 16.4 Å². The fraction of sp³-hybridized carbons (Fsp3) is 0.444. The third-order valence-corrected chi connectivity index (χ3v) is 7.31. The molecule has 1 aliphatic heterocycles. The van der Waals surface area contributed by atoms with Gasteiger partial charge in [-0.05, 0) is 56.5 Å². The molecule has 220 valence electrons. The Labute approximate surface area is 242 Å². The number of carbonyl (C=O) groups excluding carboxylic acids is 3. The summed E-state index contributed by atoms with van der Waals surface area (Å²) in [6.07, 6.45) is -0.339. The van der Waals surface area contributed by atoms with Crippen LogP contribution in [0.5, 0.6) is 0 Å². The molecule has 2 aromatic carbocycles. The molecule has 4 N–H and O–H groups in total. The summed E-state index contributed by atoms with van der Waals surface area (Å²) in [6.45, 7) is 6.05. The van der Waals surface area contributed by atoms with Gasteiger partial charge in [-0.1, -0.05) is 12.1 Å². The van der Waals surface area contributed by atoms with Crippen LogP contribution in [-0.4, -0.2) is 58.5 Å². The zero-order valence-electron chi connectivity index (χ0n) is 22.5. The number of hydrogen-bond donors (Lipinski definition) is 3. The van der Waals surface area contributed by atoms with Crippen LogP contribution in [0.3, 0.4) is 0 Å². The number of hydrogen-bond acceptors (Lipinski definition) is 7. The molecule has 0 radical (unpaired) electrons. The highest BCUT2D eigenvalue weighted by molar-refractivity contribution is 8.00. The zero-order chi connectivity index (χ0) is 28.7. The molecule has 0 spiro atoms. The lowest BCUT2D eigenvalue weighted by atomic mass is 10.0. The van der Waals surface area contributed by atoms with Gasteiger partial charge >= 0.3 is 5.97 Å². The van der Waals surface area contributed by atoms with Crippen LogP contribution in [0.4, 0.5) is 18.9 Å². The summed E-state index contributed by atoms with van der Waals surface area (Å²) in [5, 5.41) is 5.22. The Bertz CT molecular complexity index is 1200. The summed E-state index contributed by atoms with van der Waals surface area (Å²) in [6, 6.07) is 7.55. The van der Waals surface area contributed by atoms with Gasteiger partial charge in [0.15, 0.2) is 17.0 Å². The number of ether oxygens (including phenoxy) is 1. The quantitative estimate of drug-likeness (QED) is 0.265. The normalized spacial score (nSPS) is 15.7. The zero-order valence-corrected chi connectivity index (χ0v) is 24.1. The first-order chi connectivity index (χ1) is 18.4. The largest absolute Gasteiger partial charge is 0.464 e. The van der Waals surface area contributed by atoms with Crippen LogP contribution in [0, 0.1) is 17.5 Å². The van der Waals surface area contributed by atoms with E-state index >= 15 is 0 Å². The molecule has 1 saturated heterocycles. The molecule has 13 heteroatoms. The fourth-order valence-electron chi connectivity index (χ4n) is 4.06. The Morgan fingerprint density at radius 3 is 2.42 bits per heavy atom. The number of esters is 1. The van der Waals surface area contributed by atoms with Crippen molar-refractivity contribution >= 4 is 47.6 Å². The number of benzene rings is 2. The molecule has 0 bridgehead atoms. The van der Waals surface area contributed by atoms with E-state index in [1.807, 2.05) is 12.1 Å². The van der Waals surface area contributed by atoms with Gasteiger partial charge in [0.05, 0.1) is 6.61 Å². The van der Waals surface area contributed by atoms with E-state index in [-0.39, 0.29) is 61.7 Å². The molecular formula is C27H34ClF3N4O4S. The molecule has 2 atom stereocenters. The minimum atomic E-state index is -1.30. The standard InChI is InChI=1S/C27H33F3N4O4S.ClH/c1-4-38-26(37)27(2,3)33-19-7-5-16(6-8-19)15-32-24(36)25-34(9-10-39-25)23(35)13-18(31)11-17-12-21(29)22(30)14-20(17)28;/h5-8,12,14,18,25,33H,4,9-11,13,15,31H2,1-3H3,(H,32,36);1H/t18-,25?;/m1./s1. The molecule has 1 heterocycles. The summed E-state index contributed by atoms with van der Waals surface area (Å²) in [7, 11) is 0. The van der Waals surface area contributed by atoms with Crippen molar-refractivity contribution in [3.8, 4) is 0 Å². The van der Waals surface area contributed by atoms with Gasteiger partial charge in [0.2, 0.25) is 5.91 Å². The lowest BCUT2D eigenvalue weighted by Crippen LogP contribution is -2.46. The maximum Gasteiger partial charge on any atom is 0.331 e. The smallest absolute Gasteiger partial charge is 0.331 e. The lowest BCUT2D eigenvalue weighted by molar-refractivity contribution is -0.147. The Morgan fingerprint density at radius 2 is 1.77 bits per heavy atom. The van der Waals surface area contributed by atoms with E-state index < -0.39 is 34.4 Å². The lowest BCUT2D eigenvalue weighted by Gasteiger charge is -2.25. The Balaban J connectivity index is 0.00000560. The monoisotopic (exact) mass is 602 g/mol.